The first-order chi connectivity index (χ1) is 16.0. The summed E-state index contributed by atoms with van der Waals surface area (Å²) in [6, 6.07) is 29.3. The molecule has 1 heterocycles. The average Bonchev–Trinajstić information content (AvgIpc) is 3.23. The second-order valence-corrected chi connectivity index (χ2v) is 8.36. The van der Waals surface area contributed by atoms with Gasteiger partial charge in [0.25, 0.3) is 0 Å². The first-order valence-electron chi connectivity index (χ1n) is 10.2. The molecule has 0 radical (unpaired) electrons. The molecule has 0 aliphatic rings. The predicted molar refractivity (Wildman–Crippen MR) is 133 cm³/mol. The highest BCUT2D eigenvalue weighted by atomic mass is 35.5. The fourth-order valence-corrected chi connectivity index (χ4v) is 4.10. The van der Waals surface area contributed by atoms with Gasteiger partial charge >= 0.3 is 0 Å². The van der Waals surface area contributed by atoms with Gasteiger partial charge in [0, 0.05) is 16.7 Å². The van der Waals surface area contributed by atoms with Gasteiger partial charge in [-0.15, -0.1) is 0 Å². The number of aromatic nitrogens is 2. The Balaban J connectivity index is 1.88. The topological polar surface area (TPSA) is 58.3 Å². The van der Waals surface area contributed by atoms with Gasteiger partial charge in [0.05, 0.1) is 21.4 Å². The van der Waals surface area contributed by atoms with E-state index in [4.69, 9.17) is 28.3 Å². The summed E-state index contributed by atoms with van der Waals surface area (Å²) in [6.45, 7) is 0. The molecule has 33 heavy (non-hydrogen) atoms. The van der Waals surface area contributed by atoms with Crippen LogP contribution in [0.3, 0.4) is 0 Å². The Morgan fingerprint density at radius 3 is 1.82 bits per heavy atom. The molecule has 0 atom stereocenters. The highest BCUT2D eigenvalue weighted by Gasteiger charge is 2.23. The largest absolute Gasteiger partial charge is 0.508 e. The van der Waals surface area contributed by atoms with Crippen LogP contribution >= 0.6 is 23.2 Å². The van der Waals surface area contributed by atoms with E-state index < -0.39 is 0 Å². The van der Waals surface area contributed by atoms with E-state index in [-0.39, 0.29) is 11.5 Å². The van der Waals surface area contributed by atoms with Crippen LogP contribution in [-0.2, 0) is 0 Å². The van der Waals surface area contributed by atoms with Gasteiger partial charge in [-0.05, 0) is 72.3 Å². The molecular weight excluding hydrogens is 455 g/mol. The number of phenols is 2. The highest BCUT2D eigenvalue weighted by Crippen LogP contribution is 2.42. The summed E-state index contributed by atoms with van der Waals surface area (Å²) >= 11 is 12.5. The summed E-state index contributed by atoms with van der Waals surface area (Å²) in [5.41, 5.74) is 5.95. The zero-order valence-corrected chi connectivity index (χ0v) is 18.8. The van der Waals surface area contributed by atoms with Crippen molar-refractivity contribution in [2.24, 2.45) is 0 Å². The lowest BCUT2D eigenvalue weighted by molar-refractivity contribution is 0.475. The monoisotopic (exact) mass is 472 g/mol. The van der Waals surface area contributed by atoms with Crippen molar-refractivity contribution in [1.82, 2.24) is 9.78 Å². The van der Waals surface area contributed by atoms with E-state index in [9.17, 15) is 10.2 Å². The Morgan fingerprint density at radius 1 is 0.606 bits per heavy atom. The fraction of sp³-hybridized carbons (Fsp3) is 0. The number of hydrogen-bond acceptors (Lipinski definition) is 3. The highest BCUT2D eigenvalue weighted by molar-refractivity contribution is 6.42. The van der Waals surface area contributed by atoms with Crippen molar-refractivity contribution >= 4 is 23.2 Å². The molecule has 1 aromatic heterocycles. The Hall–Kier alpha value is -3.73. The van der Waals surface area contributed by atoms with Crippen LogP contribution in [0.5, 0.6) is 11.5 Å². The molecule has 0 fully saturated rings. The summed E-state index contributed by atoms with van der Waals surface area (Å²) in [6.07, 6.45) is 0. The minimum Gasteiger partial charge on any atom is -0.508 e. The average molecular weight is 473 g/mol. The predicted octanol–water partition coefficient (Wildman–Crippen LogP) is 7.59. The van der Waals surface area contributed by atoms with Crippen molar-refractivity contribution in [3.8, 4) is 50.8 Å². The van der Waals surface area contributed by atoms with E-state index in [1.54, 1.807) is 36.4 Å². The standard InChI is InChI=1S/C27H18Cl2N2O2/c28-23-15-10-20(16-24(23)29)31-27(19-8-13-22(33)14-9-19)25(17-4-2-1-3-5-17)26(30-31)18-6-11-21(32)12-7-18/h1-16,32-33H. The van der Waals surface area contributed by atoms with E-state index in [1.807, 2.05) is 65.3 Å². The van der Waals surface area contributed by atoms with Crippen molar-refractivity contribution in [2.45, 2.75) is 0 Å². The maximum Gasteiger partial charge on any atom is 0.115 e. The van der Waals surface area contributed by atoms with Crippen molar-refractivity contribution in [3.63, 3.8) is 0 Å². The van der Waals surface area contributed by atoms with Crippen LogP contribution in [0.25, 0.3) is 39.3 Å². The normalized spacial score (nSPS) is 11.0. The molecule has 5 aromatic rings. The number of rotatable bonds is 4. The number of benzene rings is 4. The molecular formula is C27H18Cl2N2O2. The quantitative estimate of drug-likeness (QED) is 0.283. The van der Waals surface area contributed by atoms with Gasteiger partial charge in [0.15, 0.2) is 0 Å². The molecule has 162 valence electrons. The van der Waals surface area contributed by atoms with E-state index in [0.29, 0.717) is 10.0 Å². The van der Waals surface area contributed by atoms with Crippen molar-refractivity contribution in [1.29, 1.82) is 0 Å². The van der Waals surface area contributed by atoms with Crippen LogP contribution in [0.1, 0.15) is 0 Å². The Morgan fingerprint density at radius 2 is 1.21 bits per heavy atom. The van der Waals surface area contributed by atoms with Crippen molar-refractivity contribution in [3.05, 3.63) is 107 Å². The number of halogens is 2. The van der Waals surface area contributed by atoms with Crippen LogP contribution in [0, 0.1) is 0 Å². The van der Waals surface area contributed by atoms with Gasteiger partial charge in [-0.25, -0.2) is 4.68 Å². The summed E-state index contributed by atoms with van der Waals surface area (Å²) < 4.78 is 1.83. The minimum atomic E-state index is 0.180. The number of phenolic OH excluding ortho intramolecular Hbond substituents is 2. The molecule has 5 rings (SSSR count). The molecule has 0 amide bonds. The summed E-state index contributed by atoms with van der Waals surface area (Å²) in [5.74, 6) is 0.363. The Labute approximate surface area is 200 Å². The van der Waals surface area contributed by atoms with Crippen LogP contribution < -0.4 is 0 Å². The molecule has 0 aliphatic heterocycles. The zero-order valence-electron chi connectivity index (χ0n) is 17.3. The van der Waals surface area contributed by atoms with E-state index in [1.165, 1.54) is 0 Å². The number of nitrogens with zero attached hydrogens (tertiary/aromatic N) is 2. The van der Waals surface area contributed by atoms with E-state index in [2.05, 4.69) is 0 Å². The third-order valence-electron chi connectivity index (χ3n) is 5.38. The Kier molecular flexibility index (Phi) is 5.55. The Bertz CT molecular complexity index is 1430. The molecule has 0 bridgehead atoms. The third-order valence-corrected chi connectivity index (χ3v) is 6.12. The zero-order chi connectivity index (χ0) is 22.9. The second kappa shape index (κ2) is 8.66. The van der Waals surface area contributed by atoms with Crippen LogP contribution in [0.4, 0.5) is 0 Å². The maximum atomic E-state index is 9.87. The van der Waals surface area contributed by atoms with Crippen molar-refractivity contribution < 1.29 is 10.2 Å². The van der Waals surface area contributed by atoms with Crippen LogP contribution in [0.15, 0.2) is 97.1 Å². The first kappa shape index (κ1) is 21.1. The van der Waals surface area contributed by atoms with Crippen LogP contribution in [0.2, 0.25) is 10.0 Å². The molecule has 6 heteroatoms. The molecule has 4 nitrogen and oxygen atoms in total. The lowest BCUT2D eigenvalue weighted by atomic mass is 9.95. The molecule has 4 aromatic carbocycles. The van der Waals surface area contributed by atoms with Gasteiger partial charge in [-0.1, -0.05) is 53.5 Å². The first-order valence-corrected chi connectivity index (χ1v) is 11.0. The molecule has 0 aliphatic carbocycles. The minimum absolute atomic E-state index is 0.180. The van der Waals surface area contributed by atoms with Crippen LogP contribution in [-0.4, -0.2) is 20.0 Å². The molecule has 0 unspecified atom stereocenters. The maximum absolute atomic E-state index is 9.87. The smallest absolute Gasteiger partial charge is 0.115 e. The number of aromatic hydroxyl groups is 2. The summed E-state index contributed by atoms with van der Waals surface area (Å²) in [7, 11) is 0. The van der Waals surface area contributed by atoms with Crippen molar-refractivity contribution in [2.75, 3.05) is 0 Å². The summed E-state index contributed by atoms with van der Waals surface area (Å²) in [4.78, 5) is 0. The number of hydrogen-bond donors (Lipinski definition) is 2. The lowest BCUT2D eigenvalue weighted by Gasteiger charge is -2.12. The molecule has 2 N–H and O–H groups in total. The van der Waals surface area contributed by atoms with Gasteiger partial charge in [-0.3, -0.25) is 0 Å². The van der Waals surface area contributed by atoms with E-state index >= 15 is 0 Å². The van der Waals surface area contributed by atoms with Gasteiger partial charge in [0.1, 0.15) is 17.2 Å². The molecule has 0 spiro atoms. The van der Waals surface area contributed by atoms with Gasteiger partial charge in [0.2, 0.25) is 0 Å². The fourth-order valence-electron chi connectivity index (χ4n) is 3.81. The van der Waals surface area contributed by atoms with Gasteiger partial charge in [-0.2, -0.15) is 5.10 Å². The molecule has 0 saturated heterocycles. The molecule has 0 saturated carbocycles. The van der Waals surface area contributed by atoms with E-state index in [0.717, 1.165) is 39.3 Å². The summed E-state index contributed by atoms with van der Waals surface area (Å²) in [5, 5.41) is 25.6. The third kappa shape index (κ3) is 4.07. The second-order valence-electron chi connectivity index (χ2n) is 7.54. The lowest BCUT2D eigenvalue weighted by Crippen LogP contribution is -2.00. The SMILES string of the molecule is Oc1ccc(-c2nn(-c3ccc(Cl)c(Cl)c3)c(-c3ccc(O)cc3)c2-c2ccccc2)cc1. The van der Waals surface area contributed by atoms with Gasteiger partial charge < -0.3 is 10.2 Å².